The molecule has 1 fully saturated rings. The average molecular weight is 376 g/mol. The van der Waals surface area contributed by atoms with E-state index in [1.54, 1.807) is 13.8 Å². The number of nitrogens with zero attached hydrogens (tertiary/aromatic N) is 1. The van der Waals surface area contributed by atoms with E-state index < -0.39 is 16.0 Å². The zero-order valence-corrected chi connectivity index (χ0v) is 14.4. The van der Waals surface area contributed by atoms with Gasteiger partial charge >= 0.3 is 5.97 Å². The van der Waals surface area contributed by atoms with Gasteiger partial charge in [0.25, 0.3) is 0 Å². The Kier molecular flexibility index (Phi) is 4.75. The van der Waals surface area contributed by atoms with Gasteiger partial charge in [0.1, 0.15) is 0 Å². The van der Waals surface area contributed by atoms with Crippen LogP contribution < -0.4 is 0 Å². The van der Waals surface area contributed by atoms with Gasteiger partial charge in [-0.1, -0.05) is 22.9 Å². The molecule has 1 aromatic rings. The van der Waals surface area contributed by atoms with Crippen LogP contribution in [0.3, 0.4) is 0 Å². The standard InChI is InChI=1S/C14H18BrNO4S/c1-3-16(8-10-4-5-10)21(19,20)13-7-11(14(17)18)6-12(15)9(13)2/h6-7,10H,3-5,8H2,1-2H3,(H,17,18). The predicted octanol–water partition coefficient (Wildman–Crippen LogP) is 2.88. The van der Waals surface area contributed by atoms with E-state index in [0.29, 0.717) is 29.0 Å². The lowest BCUT2D eigenvalue weighted by Crippen LogP contribution is -2.33. The highest BCUT2D eigenvalue weighted by atomic mass is 79.9. The quantitative estimate of drug-likeness (QED) is 0.829. The molecule has 21 heavy (non-hydrogen) atoms. The fraction of sp³-hybridized carbons (Fsp3) is 0.500. The summed E-state index contributed by atoms with van der Waals surface area (Å²) >= 11 is 3.25. The van der Waals surface area contributed by atoms with E-state index in [9.17, 15) is 13.2 Å². The van der Waals surface area contributed by atoms with Crippen molar-refractivity contribution in [2.24, 2.45) is 5.92 Å². The molecule has 1 aliphatic rings. The van der Waals surface area contributed by atoms with Gasteiger partial charge in [-0.3, -0.25) is 0 Å². The van der Waals surface area contributed by atoms with Crippen molar-refractivity contribution < 1.29 is 18.3 Å². The maximum Gasteiger partial charge on any atom is 0.335 e. The molecule has 7 heteroatoms. The number of halogens is 1. The Morgan fingerprint density at radius 1 is 1.43 bits per heavy atom. The minimum Gasteiger partial charge on any atom is -0.478 e. The Hall–Kier alpha value is -0.920. The summed E-state index contributed by atoms with van der Waals surface area (Å²) in [5.41, 5.74) is 0.503. The SMILES string of the molecule is CCN(CC1CC1)S(=O)(=O)c1cc(C(=O)O)cc(Br)c1C. The second-order valence-electron chi connectivity index (χ2n) is 5.29. The van der Waals surface area contributed by atoms with Gasteiger partial charge in [0.15, 0.2) is 0 Å². The molecule has 0 bridgehead atoms. The van der Waals surface area contributed by atoms with E-state index in [1.165, 1.54) is 16.4 Å². The molecule has 5 nitrogen and oxygen atoms in total. The van der Waals surface area contributed by atoms with Gasteiger partial charge < -0.3 is 5.11 Å². The molecule has 0 amide bonds. The van der Waals surface area contributed by atoms with Crippen LogP contribution in [0, 0.1) is 12.8 Å². The highest BCUT2D eigenvalue weighted by Crippen LogP contribution is 2.33. The van der Waals surface area contributed by atoms with Crippen LogP contribution >= 0.6 is 15.9 Å². The number of rotatable bonds is 6. The van der Waals surface area contributed by atoms with Crippen LogP contribution in [0.15, 0.2) is 21.5 Å². The van der Waals surface area contributed by atoms with Crippen LogP contribution in [0.5, 0.6) is 0 Å². The minimum atomic E-state index is -3.68. The van der Waals surface area contributed by atoms with Gasteiger partial charge in [-0.25, -0.2) is 13.2 Å². The third-order valence-corrected chi connectivity index (χ3v) is 6.56. The Morgan fingerprint density at radius 2 is 2.05 bits per heavy atom. The average Bonchev–Trinajstić information content (AvgIpc) is 3.22. The normalized spacial score (nSPS) is 15.4. The summed E-state index contributed by atoms with van der Waals surface area (Å²) in [5, 5.41) is 9.11. The molecular formula is C14H18BrNO4S. The maximum atomic E-state index is 12.8. The second kappa shape index (κ2) is 6.06. The van der Waals surface area contributed by atoms with Gasteiger partial charge in [-0.15, -0.1) is 0 Å². The zero-order chi connectivity index (χ0) is 15.8. The van der Waals surface area contributed by atoms with Crippen molar-refractivity contribution >= 4 is 31.9 Å². The summed E-state index contributed by atoms with van der Waals surface area (Å²) < 4.78 is 27.5. The number of aromatic carboxylic acids is 1. The fourth-order valence-corrected chi connectivity index (χ4v) is 4.56. The molecule has 1 aromatic carbocycles. The molecule has 1 saturated carbocycles. The molecule has 0 aliphatic heterocycles. The van der Waals surface area contributed by atoms with Gasteiger partial charge in [-0.05, 0) is 43.4 Å². The van der Waals surface area contributed by atoms with Crippen LogP contribution in [0.4, 0.5) is 0 Å². The molecule has 0 aromatic heterocycles. The molecule has 0 radical (unpaired) electrons. The molecule has 1 aliphatic carbocycles. The van der Waals surface area contributed by atoms with Crippen LogP contribution in [0.25, 0.3) is 0 Å². The van der Waals surface area contributed by atoms with E-state index in [2.05, 4.69) is 15.9 Å². The van der Waals surface area contributed by atoms with Crippen molar-refractivity contribution in [3.8, 4) is 0 Å². The Bertz CT molecular complexity index is 668. The number of sulfonamides is 1. The molecule has 116 valence electrons. The Labute approximate surface area is 133 Å². The monoisotopic (exact) mass is 375 g/mol. The van der Waals surface area contributed by atoms with Gasteiger partial charge in [0, 0.05) is 17.6 Å². The van der Waals surface area contributed by atoms with E-state index in [1.807, 2.05) is 0 Å². The Morgan fingerprint density at radius 3 is 2.52 bits per heavy atom. The molecule has 0 unspecified atom stereocenters. The number of benzene rings is 1. The number of hydrogen-bond donors (Lipinski definition) is 1. The lowest BCUT2D eigenvalue weighted by molar-refractivity contribution is 0.0696. The first kappa shape index (κ1) is 16.5. The van der Waals surface area contributed by atoms with Crippen LogP contribution in [-0.4, -0.2) is 36.9 Å². The molecule has 2 rings (SSSR count). The lowest BCUT2D eigenvalue weighted by Gasteiger charge is -2.22. The van der Waals surface area contributed by atoms with E-state index in [0.717, 1.165) is 12.8 Å². The third-order valence-electron chi connectivity index (χ3n) is 3.67. The largest absolute Gasteiger partial charge is 0.478 e. The topological polar surface area (TPSA) is 74.7 Å². The van der Waals surface area contributed by atoms with Gasteiger partial charge in [0.2, 0.25) is 10.0 Å². The second-order valence-corrected chi connectivity index (χ2v) is 8.05. The van der Waals surface area contributed by atoms with Crippen molar-refractivity contribution in [3.63, 3.8) is 0 Å². The van der Waals surface area contributed by atoms with E-state index in [-0.39, 0.29) is 10.5 Å². The molecule has 0 heterocycles. The molecular weight excluding hydrogens is 358 g/mol. The molecule has 0 saturated heterocycles. The highest BCUT2D eigenvalue weighted by molar-refractivity contribution is 9.10. The first-order chi connectivity index (χ1) is 9.77. The maximum absolute atomic E-state index is 12.8. The molecule has 0 atom stereocenters. The summed E-state index contributed by atoms with van der Waals surface area (Å²) in [6, 6.07) is 2.67. The zero-order valence-electron chi connectivity index (χ0n) is 12.0. The number of carboxylic acid groups (broad SMARTS) is 1. The van der Waals surface area contributed by atoms with Crippen LogP contribution in [-0.2, 0) is 10.0 Å². The summed E-state index contributed by atoms with van der Waals surface area (Å²) in [7, 11) is -3.68. The van der Waals surface area contributed by atoms with Gasteiger partial charge in [0.05, 0.1) is 10.5 Å². The summed E-state index contributed by atoms with van der Waals surface area (Å²) in [6.07, 6.45) is 2.12. The minimum absolute atomic E-state index is 0.0338. The van der Waals surface area contributed by atoms with Crippen molar-refractivity contribution in [2.45, 2.75) is 31.6 Å². The summed E-state index contributed by atoms with van der Waals surface area (Å²) in [5.74, 6) is -0.705. The first-order valence-corrected chi connectivity index (χ1v) is 9.04. The van der Waals surface area contributed by atoms with Crippen molar-refractivity contribution in [1.82, 2.24) is 4.31 Å². The van der Waals surface area contributed by atoms with E-state index >= 15 is 0 Å². The Balaban J connectivity index is 2.49. The number of hydrogen-bond acceptors (Lipinski definition) is 3. The number of carboxylic acids is 1. The highest BCUT2D eigenvalue weighted by Gasteiger charge is 2.32. The molecule has 1 N–H and O–H groups in total. The molecule has 0 spiro atoms. The lowest BCUT2D eigenvalue weighted by atomic mass is 10.1. The smallest absolute Gasteiger partial charge is 0.335 e. The van der Waals surface area contributed by atoms with Crippen molar-refractivity contribution in [1.29, 1.82) is 0 Å². The van der Waals surface area contributed by atoms with E-state index in [4.69, 9.17) is 5.11 Å². The van der Waals surface area contributed by atoms with Gasteiger partial charge in [-0.2, -0.15) is 4.31 Å². The fourth-order valence-electron chi connectivity index (χ4n) is 2.17. The predicted molar refractivity (Wildman–Crippen MR) is 83.0 cm³/mol. The van der Waals surface area contributed by atoms with Crippen molar-refractivity contribution in [2.75, 3.05) is 13.1 Å². The van der Waals surface area contributed by atoms with Crippen LogP contribution in [0.2, 0.25) is 0 Å². The summed E-state index contributed by atoms with van der Waals surface area (Å²) in [4.78, 5) is 11.2. The van der Waals surface area contributed by atoms with Crippen LogP contribution in [0.1, 0.15) is 35.7 Å². The summed E-state index contributed by atoms with van der Waals surface area (Å²) in [6.45, 7) is 4.36. The van der Waals surface area contributed by atoms with Crippen molar-refractivity contribution in [3.05, 3.63) is 27.7 Å². The first-order valence-electron chi connectivity index (χ1n) is 6.81. The number of carbonyl (C=O) groups is 1. The third kappa shape index (κ3) is 3.46.